The van der Waals surface area contributed by atoms with E-state index in [1.54, 1.807) is 0 Å². The van der Waals surface area contributed by atoms with Crippen molar-refractivity contribution in [2.24, 2.45) is 5.92 Å². The van der Waals surface area contributed by atoms with Gasteiger partial charge in [-0.05, 0) is 39.4 Å². The fourth-order valence-electron chi connectivity index (χ4n) is 1.10. The maximum absolute atomic E-state index is 2.27. The molecule has 1 heteroatoms. The van der Waals surface area contributed by atoms with Gasteiger partial charge >= 0.3 is 0 Å². The van der Waals surface area contributed by atoms with E-state index in [-0.39, 0.29) is 0 Å². The van der Waals surface area contributed by atoms with Gasteiger partial charge in [0.2, 0.25) is 0 Å². The van der Waals surface area contributed by atoms with Crippen molar-refractivity contribution in [2.45, 2.75) is 25.7 Å². The fourth-order valence-corrected chi connectivity index (χ4v) is 1.10. The largest absolute Gasteiger partial charge is 0.309 e. The number of nitrogens with zero attached hydrogens (tertiary/aromatic N) is 1. The van der Waals surface area contributed by atoms with Crippen molar-refractivity contribution in [3.8, 4) is 0 Å². The predicted molar refractivity (Wildman–Crippen MR) is 40.5 cm³/mol. The number of hydrogen-bond donors (Lipinski definition) is 0. The Labute approximate surface area is 58.0 Å². The zero-order valence-electron chi connectivity index (χ0n) is 6.56. The molecule has 0 radical (unpaired) electrons. The lowest BCUT2D eigenvalue weighted by molar-refractivity contribution is 0.389. The molecule has 0 saturated heterocycles. The molecule has 0 atom stereocenters. The minimum atomic E-state index is 1.12. The summed E-state index contributed by atoms with van der Waals surface area (Å²) in [4.78, 5) is 2.27. The maximum atomic E-state index is 2.27. The van der Waals surface area contributed by atoms with Gasteiger partial charge in [0.05, 0.1) is 0 Å². The smallest absolute Gasteiger partial charge is 0.00247 e. The maximum Gasteiger partial charge on any atom is -0.00247 e. The molecule has 1 fully saturated rings. The molecule has 1 rings (SSSR count). The van der Waals surface area contributed by atoms with Crippen molar-refractivity contribution in [2.75, 3.05) is 20.6 Å². The van der Waals surface area contributed by atoms with Crippen LogP contribution in [0.2, 0.25) is 0 Å². The Morgan fingerprint density at radius 3 is 2.44 bits per heavy atom. The molecule has 1 aliphatic carbocycles. The van der Waals surface area contributed by atoms with Crippen molar-refractivity contribution < 1.29 is 0 Å². The second-order valence-electron chi connectivity index (χ2n) is 3.39. The van der Waals surface area contributed by atoms with Gasteiger partial charge in [0.25, 0.3) is 0 Å². The molecule has 0 amide bonds. The lowest BCUT2D eigenvalue weighted by Crippen LogP contribution is -2.12. The minimum Gasteiger partial charge on any atom is -0.309 e. The summed E-state index contributed by atoms with van der Waals surface area (Å²) in [6.45, 7) is 1.27. The van der Waals surface area contributed by atoms with Crippen molar-refractivity contribution in [1.29, 1.82) is 0 Å². The molecule has 1 saturated carbocycles. The van der Waals surface area contributed by atoms with Gasteiger partial charge in [-0.1, -0.05) is 12.8 Å². The topological polar surface area (TPSA) is 3.24 Å². The van der Waals surface area contributed by atoms with Crippen LogP contribution in [0.15, 0.2) is 0 Å². The molecule has 0 aliphatic heterocycles. The van der Waals surface area contributed by atoms with Crippen LogP contribution in [0.3, 0.4) is 0 Å². The molecule has 0 heterocycles. The van der Waals surface area contributed by atoms with E-state index >= 15 is 0 Å². The summed E-state index contributed by atoms with van der Waals surface area (Å²) in [6, 6.07) is 0. The van der Waals surface area contributed by atoms with E-state index in [0.29, 0.717) is 0 Å². The highest BCUT2D eigenvalue weighted by molar-refractivity contribution is 4.72. The first-order valence-corrected chi connectivity index (χ1v) is 3.94. The molecule has 0 N–H and O–H groups in total. The third kappa shape index (κ3) is 3.52. The second-order valence-corrected chi connectivity index (χ2v) is 3.39. The molecular weight excluding hydrogens is 110 g/mol. The van der Waals surface area contributed by atoms with Crippen molar-refractivity contribution in [3.63, 3.8) is 0 Å². The van der Waals surface area contributed by atoms with Crippen LogP contribution in [0.5, 0.6) is 0 Å². The van der Waals surface area contributed by atoms with Crippen LogP contribution in [0.25, 0.3) is 0 Å². The summed E-state index contributed by atoms with van der Waals surface area (Å²) in [7, 11) is 4.29. The zero-order valence-corrected chi connectivity index (χ0v) is 6.56. The Kier molecular flexibility index (Phi) is 2.52. The Morgan fingerprint density at radius 2 is 2.00 bits per heavy atom. The van der Waals surface area contributed by atoms with Gasteiger partial charge in [-0.3, -0.25) is 0 Å². The lowest BCUT2D eigenvalue weighted by Gasteiger charge is -2.07. The van der Waals surface area contributed by atoms with E-state index < -0.39 is 0 Å². The van der Waals surface area contributed by atoms with E-state index in [2.05, 4.69) is 19.0 Å². The van der Waals surface area contributed by atoms with Crippen LogP contribution in [0.1, 0.15) is 25.7 Å². The molecule has 9 heavy (non-hydrogen) atoms. The SMILES string of the molecule is CN(C)CCCC1CC1. The van der Waals surface area contributed by atoms with Gasteiger partial charge in [0, 0.05) is 0 Å². The Hall–Kier alpha value is -0.0400. The summed E-state index contributed by atoms with van der Waals surface area (Å²) in [6.07, 6.45) is 5.89. The van der Waals surface area contributed by atoms with Gasteiger partial charge in [-0.2, -0.15) is 0 Å². The molecule has 0 aromatic heterocycles. The minimum absolute atomic E-state index is 1.12. The van der Waals surface area contributed by atoms with E-state index in [0.717, 1.165) is 5.92 Å². The monoisotopic (exact) mass is 127 g/mol. The van der Waals surface area contributed by atoms with E-state index in [1.807, 2.05) is 0 Å². The van der Waals surface area contributed by atoms with Crippen molar-refractivity contribution >= 4 is 0 Å². The fraction of sp³-hybridized carbons (Fsp3) is 1.00. The van der Waals surface area contributed by atoms with Gasteiger partial charge in [0.1, 0.15) is 0 Å². The van der Waals surface area contributed by atoms with Crippen LogP contribution < -0.4 is 0 Å². The first-order valence-electron chi connectivity index (χ1n) is 3.94. The normalized spacial score (nSPS) is 19.0. The quantitative estimate of drug-likeness (QED) is 0.556. The molecule has 0 bridgehead atoms. The highest BCUT2D eigenvalue weighted by atomic mass is 15.0. The Balaban J connectivity index is 1.81. The van der Waals surface area contributed by atoms with E-state index in [9.17, 15) is 0 Å². The van der Waals surface area contributed by atoms with Crippen LogP contribution in [0.4, 0.5) is 0 Å². The van der Waals surface area contributed by atoms with Crippen LogP contribution in [-0.2, 0) is 0 Å². The number of rotatable bonds is 4. The van der Waals surface area contributed by atoms with Crippen LogP contribution >= 0.6 is 0 Å². The first kappa shape index (κ1) is 7.07. The highest BCUT2D eigenvalue weighted by Gasteiger charge is 2.19. The molecular formula is C8H17N. The second kappa shape index (κ2) is 3.21. The highest BCUT2D eigenvalue weighted by Crippen LogP contribution is 2.33. The average molecular weight is 127 g/mol. The predicted octanol–water partition coefficient (Wildman–Crippen LogP) is 1.74. The standard InChI is InChI=1S/C8H17N/c1-9(2)7-3-4-8-5-6-8/h8H,3-7H2,1-2H3. The molecule has 1 nitrogen and oxygen atoms in total. The first-order chi connectivity index (χ1) is 4.29. The van der Waals surface area contributed by atoms with E-state index in [4.69, 9.17) is 0 Å². The molecule has 54 valence electrons. The summed E-state index contributed by atoms with van der Waals surface area (Å²) in [5.74, 6) is 1.12. The van der Waals surface area contributed by atoms with Crippen LogP contribution in [-0.4, -0.2) is 25.5 Å². The Morgan fingerprint density at radius 1 is 1.33 bits per heavy atom. The van der Waals surface area contributed by atoms with E-state index in [1.165, 1.54) is 32.2 Å². The van der Waals surface area contributed by atoms with Gasteiger partial charge in [-0.25, -0.2) is 0 Å². The summed E-state index contributed by atoms with van der Waals surface area (Å²) >= 11 is 0. The third-order valence-electron chi connectivity index (χ3n) is 1.91. The summed E-state index contributed by atoms with van der Waals surface area (Å²) in [5, 5.41) is 0. The van der Waals surface area contributed by atoms with Gasteiger partial charge < -0.3 is 4.90 Å². The average Bonchev–Trinajstić information content (AvgIpc) is 2.48. The van der Waals surface area contributed by atoms with Crippen molar-refractivity contribution in [3.05, 3.63) is 0 Å². The van der Waals surface area contributed by atoms with Crippen molar-refractivity contribution in [1.82, 2.24) is 4.90 Å². The molecule has 0 aromatic carbocycles. The third-order valence-corrected chi connectivity index (χ3v) is 1.91. The molecule has 0 unspecified atom stereocenters. The molecule has 0 spiro atoms. The summed E-state index contributed by atoms with van der Waals surface area (Å²) in [5.41, 5.74) is 0. The lowest BCUT2D eigenvalue weighted by atomic mass is 10.2. The van der Waals surface area contributed by atoms with Crippen LogP contribution in [0, 0.1) is 5.92 Å². The van der Waals surface area contributed by atoms with Gasteiger partial charge in [0.15, 0.2) is 0 Å². The summed E-state index contributed by atoms with van der Waals surface area (Å²) < 4.78 is 0. The molecule has 0 aromatic rings. The van der Waals surface area contributed by atoms with Gasteiger partial charge in [-0.15, -0.1) is 0 Å². The zero-order chi connectivity index (χ0) is 6.69. The Bertz CT molecular complexity index is 72.6. The molecule has 1 aliphatic rings. The number of hydrogen-bond acceptors (Lipinski definition) is 1.